The Hall–Kier alpha value is -1.67. The van der Waals surface area contributed by atoms with Crippen LogP contribution in [-0.4, -0.2) is 44.2 Å². The standard InChI is InChI=1S/C13H20N4O3S/c1-2-21(19,20)16-10-4-7-17(8-5-10)12-3-6-15-9-11(12)13(14)18/h3,6,9-10,16H,2,4-5,7-8H2,1H3,(H2,14,18). The van der Waals surface area contributed by atoms with Crippen LogP contribution < -0.4 is 15.4 Å². The molecule has 1 aliphatic heterocycles. The first-order chi connectivity index (χ1) is 9.93. The summed E-state index contributed by atoms with van der Waals surface area (Å²) in [6.07, 6.45) is 4.47. The molecular weight excluding hydrogens is 292 g/mol. The number of nitrogens with two attached hydrogens (primary N) is 1. The highest BCUT2D eigenvalue weighted by molar-refractivity contribution is 7.89. The van der Waals surface area contributed by atoms with Gasteiger partial charge in [-0.2, -0.15) is 0 Å². The van der Waals surface area contributed by atoms with Crippen molar-refractivity contribution in [2.45, 2.75) is 25.8 Å². The van der Waals surface area contributed by atoms with Crippen LogP contribution in [-0.2, 0) is 10.0 Å². The number of carbonyl (C=O) groups excluding carboxylic acids is 1. The molecule has 1 amide bonds. The second-order valence-electron chi connectivity index (χ2n) is 5.04. The molecule has 1 saturated heterocycles. The van der Waals surface area contributed by atoms with Crippen LogP contribution in [0.1, 0.15) is 30.1 Å². The van der Waals surface area contributed by atoms with Crippen LogP contribution in [0.4, 0.5) is 5.69 Å². The number of amides is 1. The van der Waals surface area contributed by atoms with Crippen molar-refractivity contribution in [2.75, 3.05) is 23.7 Å². The molecule has 0 aromatic carbocycles. The highest BCUT2D eigenvalue weighted by atomic mass is 32.2. The van der Waals surface area contributed by atoms with Crippen LogP contribution in [0.15, 0.2) is 18.5 Å². The Balaban J connectivity index is 2.03. The van der Waals surface area contributed by atoms with Crippen molar-refractivity contribution in [3.63, 3.8) is 0 Å². The molecule has 8 heteroatoms. The van der Waals surface area contributed by atoms with Gasteiger partial charge in [0.05, 0.1) is 17.0 Å². The van der Waals surface area contributed by atoms with E-state index in [0.717, 1.165) is 5.69 Å². The molecule has 1 aliphatic rings. The third kappa shape index (κ3) is 3.92. The number of piperidine rings is 1. The Morgan fingerprint density at radius 1 is 1.48 bits per heavy atom. The third-order valence-electron chi connectivity index (χ3n) is 3.63. The summed E-state index contributed by atoms with van der Waals surface area (Å²) in [5, 5.41) is 0. The first-order valence-electron chi connectivity index (χ1n) is 6.91. The fourth-order valence-corrected chi connectivity index (χ4v) is 3.34. The van der Waals surface area contributed by atoms with Gasteiger partial charge >= 0.3 is 0 Å². The predicted octanol–water partition coefficient (Wildman–Crippen LogP) is 0.0886. The lowest BCUT2D eigenvalue weighted by Crippen LogP contribution is -2.45. The molecule has 0 atom stereocenters. The number of nitrogens with zero attached hydrogens (tertiary/aromatic N) is 2. The van der Waals surface area contributed by atoms with E-state index in [4.69, 9.17) is 5.73 Å². The van der Waals surface area contributed by atoms with Crippen molar-refractivity contribution in [2.24, 2.45) is 5.73 Å². The number of aromatic nitrogens is 1. The second-order valence-corrected chi connectivity index (χ2v) is 7.08. The zero-order valence-electron chi connectivity index (χ0n) is 11.9. The molecule has 116 valence electrons. The van der Waals surface area contributed by atoms with Crippen molar-refractivity contribution in [1.82, 2.24) is 9.71 Å². The molecule has 0 saturated carbocycles. The average Bonchev–Trinajstić information content (AvgIpc) is 2.47. The van der Waals surface area contributed by atoms with E-state index in [0.29, 0.717) is 31.5 Å². The van der Waals surface area contributed by atoms with E-state index >= 15 is 0 Å². The molecule has 0 radical (unpaired) electrons. The van der Waals surface area contributed by atoms with Crippen molar-refractivity contribution < 1.29 is 13.2 Å². The van der Waals surface area contributed by atoms with Gasteiger partial charge in [-0.25, -0.2) is 13.1 Å². The average molecular weight is 312 g/mol. The molecule has 0 spiro atoms. The van der Waals surface area contributed by atoms with Crippen LogP contribution in [0.2, 0.25) is 0 Å². The van der Waals surface area contributed by atoms with Crippen LogP contribution in [0, 0.1) is 0 Å². The van der Waals surface area contributed by atoms with E-state index in [9.17, 15) is 13.2 Å². The number of primary amides is 1. The minimum Gasteiger partial charge on any atom is -0.371 e. The van der Waals surface area contributed by atoms with Crippen molar-refractivity contribution >= 4 is 21.6 Å². The molecule has 1 fully saturated rings. The van der Waals surface area contributed by atoms with Crippen LogP contribution >= 0.6 is 0 Å². The summed E-state index contributed by atoms with van der Waals surface area (Å²) in [7, 11) is -3.18. The number of sulfonamides is 1. The lowest BCUT2D eigenvalue weighted by Gasteiger charge is -2.34. The summed E-state index contributed by atoms with van der Waals surface area (Å²) in [5.74, 6) is -0.421. The maximum absolute atomic E-state index is 11.6. The van der Waals surface area contributed by atoms with Gasteiger partial charge in [0.25, 0.3) is 5.91 Å². The lowest BCUT2D eigenvalue weighted by atomic mass is 10.0. The molecule has 0 aliphatic carbocycles. The first kappa shape index (κ1) is 15.7. The lowest BCUT2D eigenvalue weighted by molar-refractivity contribution is 0.100. The summed E-state index contributed by atoms with van der Waals surface area (Å²) in [6, 6.07) is 1.71. The van der Waals surface area contributed by atoms with E-state index < -0.39 is 15.9 Å². The van der Waals surface area contributed by atoms with Gasteiger partial charge in [0.2, 0.25) is 10.0 Å². The van der Waals surface area contributed by atoms with Crippen molar-refractivity contribution in [3.8, 4) is 0 Å². The molecule has 2 rings (SSSR count). The van der Waals surface area contributed by atoms with Gasteiger partial charge in [-0.15, -0.1) is 0 Å². The maximum atomic E-state index is 11.6. The van der Waals surface area contributed by atoms with Gasteiger partial charge in [-0.05, 0) is 25.8 Å². The predicted molar refractivity (Wildman–Crippen MR) is 80.6 cm³/mol. The summed E-state index contributed by atoms with van der Waals surface area (Å²) in [5.41, 5.74) is 6.50. The van der Waals surface area contributed by atoms with Crippen LogP contribution in [0.25, 0.3) is 0 Å². The normalized spacial score (nSPS) is 16.9. The molecule has 21 heavy (non-hydrogen) atoms. The highest BCUT2D eigenvalue weighted by Crippen LogP contribution is 2.23. The largest absolute Gasteiger partial charge is 0.371 e. The van der Waals surface area contributed by atoms with Gasteiger partial charge in [0.15, 0.2) is 0 Å². The third-order valence-corrected chi connectivity index (χ3v) is 5.08. The fourth-order valence-electron chi connectivity index (χ4n) is 2.43. The van der Waals surface area contributed by atoms with Gasteiger partial charge < -0.3 is 10.6 Å². The molecular formula is C13H20N4O3S. The first-order valence-corrected chi connectivity index (χ1v) is 8.57. The maximum Gasteiger partial charge on any atom is 0.252 e. The molecule has 1 aromatic heterocycles. The van der Waals surface area contributed by atoms with E-state index in [2.05, 4.69) is 9.71 Å². The summed E-state index contributed by atoms with van der Waals surface area (Å²) >= 11 is 0. The van der Waals surface area contributed by atoms with Gasteiger partial charge in [0, 0.05) is 31.5 Å². The van der Waals surface area contributed by atoms with Crippen molar-refractivity contribution in [3.05, 3.63) is 24.0 Å². The Bertz CT molecular complexity index is 610. The molecule has 0 unspecified atom stereocenters. The summed E-state index contributed by atoms with van der Waals surface area (Å²) in [4.78, 5) is 17.4. The Kier molecular flexibility index (Phi) is 4.79. The molecule has 0 bridgehead atoms. The molecule has 2 heterocycles. The van der Waals surface area contributed by atoms with E-state index in [1.165, 1.54) is 6.20 Å². The quantitative estimate of drug-likeness (QED) is 0.801. The summed E-state index contributed by atoms with van der Waals surface area (Å²) in [6.45, 7) is 2.95. The monoisotopic (exact) mass is 312 g/mol. The highest BCUT2D eigenvalue weighted by Gasteiger charge is 2.24. The molecule has 1 aromatic rings. The van der Waals surface area contributed by atoms with Gasteiger partial charge in [0.1, 0.15) is 0 Å². The Labute approximate surface area is 124 Å². The van der Waals surface area contributed by atoms with Crippen LogP contribution in [0.3, 0.4) is 0 Å². The van der Waals surface area contributed by atoms with Crippen LogP contribution in [0.5, 0.6) is 0 Å². The van der Waals surface area contributed by atoms with E-state index in [-0.39, 0.29) is 11.8 Å². The van der Waals surface area contributed by atoms with E-state index in [1.807, 2.05) is 4.90 Å². The topological polar surface area (TPSA) is 105 Å². The van der Waals surface area contributed by atoms with E-state index in [1.54, 1.807) is 19.2 Å². The Morgan fingerprint density at radius 2 is 2.14 bits per heavy atom. The number of hydrogen-bond donors (Lipinski definition) is 2. The zero-order valence-corrected chi connectivity index (χ0v) is 12.8. The number of carbonyl (C=O) groups is 1. The number of pyridine rings is 1. The number of nitrogens with one attached hydrogen (secondary N) is 1. The minimum absolute atomic E-state index is 0.0509. The number of hydrogen-bond acceptors (Lipinski definition) is 5. The number of rotatable bonds is 5. The smallest absolute Gasteiger partial charge is 0.252 e. The van der Waals surface area contributed by atoms with Gasteiger partial charge in [-0.3, -0.25) is 9.78 Å². The summed E-state index contributed by atoms with van der Waals surface area (Å²) < 4.78 is 25.8. The minimum atomic E-state index is -3.18. The SMILES string of the molecule is CCS(=O)(=O)NC1CCN(c2ccncc2C(N)=O)CC1. The Morgan fingerprint density at radius 3 is 2.71 bits per heavy atom. The second kappa shape index (κ2) is 6.40. The number of anilines is 1. The van der Waals surface area contributed by atoms with Crippen molar-refractivity contribution in [1.29, 1.82) is 0 Å². The zero-order chi connectivity index (χ0) is 15.5. The molecule has 3 N–H and O–H groups in total. The molecule has 7 nitrogen and oxygen atoms in total. The fraction of sp³-hybridized carbons (Fsp3) is 0.538. The van der Waals surface area contributed by atoms with Gasteiger partial charge in [-0.1, -0.05) is 0 Å².